The molecule has 0 aliphatic rings. The SMILES string of the molecule is O=C(CCNS(=O)(=O)c1ccc(Cl)c(C(F)(F)F)c1)NCCCO. The van der Waals surface area contributed by atoms with E-state index in [0.717, 1.165) is 12.1 Å². The predicted molar refractivity (Wildman–Crippen MR) is 81.0 cm³/mol. The highest BCUT2D eigenvalue weighted by Gasteiger charge is 2.34. The predicted octanol–water partition coefficient (Wildman–Crippen LogP) is 1.53. The number of aliphatic hydroxyl groups is 1. The maximum Gasteiger partial charge on any atom is 0.417 e. The van der Waals surface area contributed by atoms with E-state index in [0.29, 0.717) is 12.5 Å². The van der Waals surface area contributed by atoms with E-state index in [-0.39, 0.29) is 26.1 Å². The number of amides is 1. The summed E-state index contributed by atoms with van der Waals surface area (Å²) in [4.78, 5) is 10.8. The lowest BCUT2D eigenvalue weighted by Crippen LogP contribution is -2.31. The molecular formula is C13H16ClF3N2O4S. The Kier molecular flexibility index (Phi) is 7.46. The normalized spacial score (nSPS) is 12.2. The quantitative estimate of drug-likeness (QED) is 0.588. The number of benzene rings is 1. The van der Waals surface area contributed by atoms with Gasteiger partial charge in [0.15, 0.2) is 0 Å². The van der Waals surface area contributed by atoms with E-state index in [1.54, 1.807) is 0 Å². The molecule has 0 saturated carbocycles. The van der Waals surface area contributed by atoms with Crippen LogP contribution in [0.15, 0.2) is 23.1 Å². The fourth-order valence-electron chi connectivity index (χ4n) is 1.67. The third-order valence-corrected chi connectivity index (χ3v) is 4.64. The number of aliphatic hydroxyl groups excluding tert-OH is 1. The number of halogens is 4. The van der Waals surface area contributed by atoms with Crippen molar-refractivity contribution in [1.29, 1.82) is 0 Å². The molecule has 1 aromatic rings. The Bertz CT molecular complexity index is 680. The van der Waals surface area contributed by atoms with Gasteiger partial charge in [-0.3, -0.25) is 4.79 Å². The molecule has 0 spiro atoms. The van der Waals surface area contributed by atoms with E-state index in [1.807, 2.05) is 4.72 Å². The van der Waals surface area contributed by atoms with E-state index in [9.17, 15) is 26.4 Å². The molecular weight excluding hydrogens is 373 g/mol. The van der Waals surface area contributed by atoms with Crippen LogP contribution in [0.3, 0.4) is 0 Å². The average molecular weight is 389 g/mol. The van der Waals surface area contributed by atoms with Gasteiger partial charge in [-0.25, -0.2) is 13.1 Å². The summed E-state index contributed by atoms with van der Waals surface area (Å²) in [6.45, 7) is -0.128. The van der Waals surface area contributed by atoms with Crippen molar-refractivity contribution in [2.45, 2.75) is 23.9 Å². The second kappa shape index (κ2) is 8.65. The highest BCUT2D eigenvalue weighted by molar-refractivity contribution is 7.89. The van der Waals surface area contributed by atoms with Crippen molar-refractivity contribution in [2.75, 3.05) is 19.7 Å². The van der Waals surface area contributed by atoms with Crippen LogP contribution >= 0.6 is 11.6 Å². The molecule has 0 atom stereocenters. The second-order valence-corrected chi connectivity index (χ2v) is 6.89. The van der Waals surface area contributed by atoms with Gasteiger partial charge in [0, 0.05) is 26.1 Å². The zero-order chi connectivity index (χ0) is 18.4. The topological polar surface area (TPSA) is 95.5 Å². The van der Waals surface area contributed by atoms with Crippen molar-refractivity contribution >= 4 is 27.5 Å². The third-order valence-electron chi connectivity index (χ3n) is 2.85. The van der Waals surface area contributed by atoms with Crippen LogP contribution in [0, 0.1) is 0 Å². The Morgan fingerprint density at radius 1 is 1.25 bits per heavy atom. The van der Waals surface area contributed by atoms with Crippen molar-refractivity contribution in [3.8, 4) is 0 Å². The van der Waals surface area contributed by atoms with Crippen molar-refractivity contribution < 1.29 is 31.5 Å². The Morgan fingerprint density at radius 2 is 1.92 bits per heavy atom. The molecule has 0 radical (unpaired) electrons. The minimum atomic E-state index is -4.78. The van der Waals surface area contributed by atoms with Crippen LogP contribution in [-0.2, 0) is 21.0 Å². The molecule has 0 unspecified atom stereocenters. The first-order valence-electron chi connectivity index (χ1n) is 6.82. The van der Waals surface area contributed by atoms with Gasteiger partial charge in [0.1, 0.15) is 0 Å². The zero-order valence-electron chi connectivity index (χ0n) is 12.4. The molecule has 1 amide bonds. The lowest BCUT2D eigenvalue weighted by Gasteiger charge is -2.12. The van der Waals surface area contributed by atoms with Crippen LogP contribution in [0.1, 0.15) is 18.4 Å². The molecule has 3 N–H and O–H groups in total. The highest BCUT2D eigenvalue weighted by Crippen LogP contribution is 2.35. The van der Waals surface area contributed by atoms with E-state index in [1.165, 1.54) is 0 Å². The van der Waals surface area contributed by atoms with Gasteiger partial charge < -0.3 is 10.4 Å². The monoisotopic (exact) mass is 388 g/mol. The number of sulfonamides is 1. The van der Waals surface area contributed by atoms with E-state index < -0.39 is 37.6 Å². The summed E-state index contributed by atoms with van der Waals surface area (Å²) < 4.78 is 64.3. The summed E-state index contributed by atoms with van der Waals surface area (Å²) in [6.07, 6.45) is -4.61. The Morgan fingerprint density at radius 3 is 2.50 bits per heavy atom. The lowest BCUT2D eigenvalue weighted by molar-refractivity contribution is -0.137. The van der Waals surface area contributed by atoms with Crippen molar-refractivity contribution in [1.82, 2.24) is 10.0 Å². The van der Waals surface area contributed by atoms with Crippen molar-refractivity contribution in [3.63, 3.8) is 0 Å². The standard InChI is InChI=1S/C13H16ClF3N2O4S/c14-11-3-2-9(8-10(11)13(15,16)17)24(22,23)19-6-4-12(21)18-5-1-7-20/h2-3,8,19-20H,1,4-7H2,(H,18,21). The molecule has 11 heteroatoms. The van der Waals surface area contributed by atoms with Crippen LogP contribution in [-0.4, -0.2) is 39.1 Å². The van der Waals surface area contributed by atoms with Gasteiger partial charge in [-0.1, -0.05) is 11.6 Å². The first kappa shape index (κ1) is 20.7. The number of alkyl halides is 3. The van der Waals surface area contributed by atoms with Crippen LogP contribution in [0.2, 0.25) is 5.02 Å². The number of rotatable bonds is 8. The second-order valence-electron chi connectivity index (χ2n) is 4.71. The summed E-state index contributed by atoms with van der Waals surface area (Å²) in [6, 6.07) is 2.23. The summed E-state index contributed by atoms with van der Waals surface area (Å²) in [5, 5.41) is 10.4. The first-order valence-corrected chi connectivity index (χ1v) is 8.68. The van der Waals surface area contributed by atoms with Gasteiger partial charge in [0.05, 0.1) is 15.5 Å². The number of nitrogens with one attached hydrogen (secondary N) is 2. The number of hydrogen-bond donors (Lipinski definition) is 3. The Balaban J connectivity index is 2.71. The summed E-state index contributed by atoms with van der Waals surface area (Å²) in [5.74, 6) is -0.446. The largest absolute Gasteiger partial charge is 0.417 e. The molecule has 0 aliphatic heterocycles. The molecule has 0 heterocycles. The summed E-state index contributed by atoms with van der Waals surface area (Å²) in [7, 11) is -4.21. The first-order chi connectivity index (χ1) is 11.1. The van der Waals surface area contributed by atoms with Gasteiger partial charge in [0.25, 0.3) is 0 Å². The van der Waals surface area contributed by atoms with E-state index in [4.69, 9.17) is 16.7 Å². The van der Waals surface area contributed by atoms with Crippen LogP contribution < -0.4 is 10.0 Å². The van der Waals surface area contributed by atoms with Crippen LogP contribution in [0.5, 0.6) is 0 Å². The number of hydrogen-bond acceptors (Lipinski definition) is 4. The molecule has 1 rings (SSSR count). The number of carbonyl (C=O) groups is 1. The van der Waals surface area contributed by atoms with E-state index in [2.05, 4.69) is 5.32 Å². The van der Waals surface area contributed by atoms with E-state index >= 15 is 0 Å². The maximum atomic E-state index is 12.8. The Labute approximate surface area is 142 Å². The third kappa shape index (κ3) is 6.27. The molecule has 1 aromatic carbocycles. The van der Waals surface area contributed by atoms with Gasteiger partial charge in [-0.15, -0.1) is 0 Å². The summed E-state index contributed by atoms with van der Waals surface area (Å²) >= 11 is 5.43. The Hall–Kier alpha value is -1.36. The molecule has 0 fully saturated rings. The van der Waals surface area contributed by atoms with Gasteiger partial charge in [-0.05, 0) is 24.6 Å². The molecule has 24 heavy (non-hydrogen) atoms. The fourth-order valence-corrected chi connectivity index (χ4v) is 2.95. The zero-order valence-corrected chi connectivity index (χ0v) is 13.9. The lowest BCUT2D eigenvalue weighted by atomic mass is 10.2. The number of carbonyl (C=O) groups excluding carboxylic acids is 1. The molecule has 0 saturated heterocycles. The molecule has 0 bridgehead atoms. The molecule has 6 nitrogen and oxygen atoms in total. The van der Waals surface area contributed by atoms with Gasteiger partial charge in [0.2, 0.25) is 15.9 Å². The summed E-state index contributed by atoms with van der Waals surface area (Å²) in [5.41, 5.74) is -1.26. The average Bonchev–Trinajstić information content (AvgIpc) is 2.46. The highest BCUT2D eigenvalue weighted by atomic mass is 35.5. The van der Waals surface area contributed by atoms with Crippen LogP contribution in [0.25, 0.3) is 0 Å². The van der Waals surface area contributed by atoms with Crippen molar-refractivity contribution in [3.05, 3.63) is 28.8 Å². The van der Waals surface area contributed by atoms with Crippen LogP contribution in [0.4, 0.5) is 13.2 Å². The van der Waals surface area contributed by atoms with Gasteiger partial charge in [-0.2, -0.15) is 13.2 Å². The smallest absolute Gasteiger partial charge is 0.396 e. The fraction of sp³-hybridized carbons (Fsp3) is 0.462. The minimum absolute atomic E-state index is 0.0922. The molecule has 0 aromatic heterocycles. The minimum Gasteiger partial charge on any atom is -0.396 e. The molecule has 0 aliphatic carbocycles. The maximum absolute atomic E-state index is 12.8. The molecule has 136 valence electrons. The van der Waals surface area contributed by atoms with Gasteiger partial charge >= 0.3 is 6.18 Å². The van der Waals surface area contributed by atoms with Crippen molar-refractivity contribution in [2.24, 2.45) is 0 Å².